The average Bonchev–Trinajstić information content (AvgIpc) is 3.09. The molecule has 0 radical (unpaired) electrons. The number of rotatable bonds is 3. The first-order chi connectivity index (χ1) is 13.7. The molecule has 2 heterocycles. The number of nitrogens with zero attached hydrogens (tertiary/aromatic N) is 2. The third-order valence-corrected chi connectivity index (χ3v) is 7.38. The lowest BCUT2D eigenvalue weighted by atomic mass is 10.0. The quantitative estimate of drug-likeness (QED) is 0.739. The molecule has 29 heavy (non-hydrogen) atoms. The molecular formula is C24H28N2O2S. The van der Waals surface area contributed by atoms with Gasteiger partial charge in [-0.2, -0.15) is 0 Å². The molecule has 1 atom stereocenters. The van der Waals surface area contributed by atoms with Gasteiger partial charge in [0.15, 0.2) is 4.87 Å². The minimum Gasteiger partial charge on any atom is -0.314 e. The standard InChI is InChI=1S/C24H28N2O2S/c1-16(2)21(27)26-15-23(4,5)29-24(26)19-12-8-9-13-20(19)25(22(24)28)14-18-11-7-6-10-17(18)3/h6-13,16H,14-15H2,1-5H3. The number of fused-ring (bicyclic) bond motifs is 2. The number of para-hydroxylation sites is 1. The molecule has 5 heteroatoms. The Morgan fingerprint density at radius 3 is 2.45 bits per heavy atom. The fraction of sp³-hybridized carbons (Fsp3) is 0.417. The van der Waals surface area contributed by atoms with Crippen LogP contribution < -0.4 is 4.90 Å². The maximum absolute atomic E-state index is 14.0. The van der Waals surface area contributed by atoms with Crippen LogP contribution in [0, 0.1) is 12.8 Å². The van der Waals surface area contributed by atoms with Crippen molar-refractivity contribution in [2.45, 2.75) is 50.8 Å². The van der Waals surface area contributed by atoms with Crippen molar-refractivity contribution in [3.05, 3.63) is 65.2 Å². The highest BCUT2D eigenvalue weighted by atomic mass is 32.2. The van der Waals surface area contributed by atoms with Crippen molar-refractivity contribution in [3.63, 3.8) is 0 Å². The molecule has 152 valence electrons. The summed E-state index contributed by atoms with van der Waals surface area (Å²) in [5.74, 6) is -0.137. The summed E-state index contributed by atoms with van der Waals surface area (Å²) in [7, 11) is 0. The van der Waals surface area contributed by atoms with Gasteiger partial charge >= 0.3 is 0 Å². The maximum Gasteiger partial charge on any atom is 0.268 e. The van der Waals surface area contributed by atoms with Gasteiger partial charge in [0.1, 0.15) is 0 Å². The van der Waals surface area contributed by atoms with E-state index in [1.54, 1.807) is 11.8 Å². The number of amides is 2. The van der Waals surface area contributed by atoms with E-state index in [-0.39, 0.29) is 22.5 Å². The summed E-state index contributed by atoms with van der Waals surface area (Å²) in [6, 6.07) is 16.1. The summed E-state index contributed by atoms with van der Waals surface area (Å²) in [6.07, 6.45) is 0. The van der Waals surface area contributed by atoms with Crippen LogP contribution in [0.25, 0.3) is 0 Å². The highest BCUT2D eigenvalue weighted by Gasteiger charge is 2.63. The van der Waals surface area contributed by atoms with Crippen LogP contribution in [-0.2, 0) is 21.0 Å². The van der Waals surface area contributed by atoms with E-state index in [2.05, 4.69) is 32.9 Å². The van der Waals surface area contributed by atoms with Gasteiger partial charge in [0.05, 0.1) is 12.2 Å². The van der Waals surface area contributed by atoms with E-state index in [4.69, 9.17) is 0 Å². The molecule has 0 saturated carbocycles. The van der Waals surface area contributed by atoms with E-state index in [9.17, 15) is 9.59 Å². The maximum atomic E-state index is 14.0. The Morgan fingerprint density at radius 1 is 1.10 bits per heavy atom. The van der Waals surface area contributed by atoms with Crippen molar-refractivity contribution >= 4 is 29.3 Å². The van der Waals surface area contributed by atoms with Gasteiger partial charge in [-0.15, -0.1) is 11.8 Å². The zero-order valence-corrected chi connectivity index (χ0v) is 18.5. The lowest BCUT2D eigenvalue weighted by Gasteiger charge is -2.34. The third kappa shape index (κ3) is 3.07. The second kappa shape index (κ2) is 6.91. The van der Waals surface area contributed by atoms with E-state index in [0.717, 1.165) is 22.4 Å². The van der Waals surface area contributed by atoms with Crippen LogP contribution in [0.3, 0.4) is 0 Å². The second-order valence-electron chi connectivity index (χ2n) is 8.92. The lowest BCUT2D eigenvalue weighted by molar-refractivity contribution is -0.143. The summed E-state index contributed by atoms with van der Waals surface area (Å²) < 4.78 is -0.202. The molecule has 0 aromatic heterocycles. The van der Waals surface area contributed by atoms with E-state index in [1.807, 2.05) is 60.0 Å². The van der Waals surface area contributed by atoms with Gasteiger partial charge in [-0.05, 0) is 38.0 Å². The van der Waals surface area contributed by atoms with Gasteiger partial charge in [0.2, 0.25) is 5.91 Å². The molecule has 4 rings (SSSR count). The van der Waals surface area contributed by atoms with Gasteiger partial charge in [0, 0.05) is 22.8 Å². The van der Waals surface area contributed by atoms with Gasteiger partial charge in [-0.25, -0.2) is 0 Å². The van der Waals surface area contributed by atoms with Crippen molar-refractivity contribution in [3.8, 4) is 0 Å². The highest BCUT2D eigenvalue weighted by molar-refractivity contribution is 8.02. The van der Waals surface area contributed by atoms with Gasteiger partial charge in [0.25, 0.3) is 5.91 Å². The number of thioether (sulfide) groups is 1. The largest absolute Gasteiger partial charge is 0.314 e. The minimum absolute atomic E-state index is 0.00784. The van der Waals surface area contributed by atoms with Crippen molar-refractivity contribution < 1.29 is 9.59 Å². The summed E-state index contributed by atoms with van der Waals surface area (Å²) >= 11 is 1.61. The average molecular weight is 409 g/mol. The zero-order chi connectivity index (χ0) is 21.0. The molecule has 2 aliphatic heterocycles. The molecule has 0 aliphatic carbocycles. The summed E-state index contributed by atoms with van der Waals surface area (Å²) in [4.78, 5) is 30.0. The Morgan fingerprint density at radius 2 is 1.76 bits per heavy atom. The first kappa shape index (κ1) is 20.0. The molecule has 2 aromatic rings. The summed E-state index contributed by atoms with van der Waals surface area (Å²) in [6.45, 7) is 11.2. The lowest BCUT2D eigenvalue weighted by Crippen LogP contribution is -2.51. The third-order valence-electron chi connectivity index (χ3n) is 5.79. The molecule has 2 aromatic carbocycles. The Bertz CT molecular complexity index is 984. The van der Waals surface area contributed by atoms with Crippen molar-refractivity contribution in [1.29, 1.82) is 0 Å². The van der Waals surface area contributed by atoms with Crippen molar-refractivity contribution in [1.82, 2.24) is 4.90 Å². The molecule has 1 unspecified atom stereocenters. The van der Waals surface area contributed by atoms with Crippen molar-refractivity contribution in [2.24, 2.45) is 5.92 Å². The van der Waals surface area contributed by atoms with Crippen LogP contribution in [0.15, 0.2) is 48.5 Å². The second-order valence-corrected chi connectivity index (χ2v) is 10.8. The first-order valence-electron chi connectivity index (χ1n) is 10.1. The summed E-state index contributed by atoms with van der Waals surface area (Å²) in [5.41, 5.74) is 4.13. The Kier molecular flexibility index (Phi) is 4.77. The van der Waals surface area contributed by atoms with E-state index >= 15 is 0 Å². The number of aryl methyl sites for hydroxylation is 1. The number of carbonyl (C=O) groups is 2. The van der Waals surface area contributed by atoms with E-state index in [0.29, 0.717) is 13.1 Å². The summed E-state index contributed by atoms with van der Waals surface area (Å²) in [5, 5.41) is 0. The predicted octanol–water partition coefficient (Wildman–Crippen LogP) is 4.70. The Hall–Kier alpha value is -2.27. The van der Waals surface area contributed by atoms with E-state index < -0.39 is 4.87 Å². The highest BCUT2D eigenvalue weighted by Crippen LogP contribution is 2.60. The number of anilines is 1. The molecule has 4 nitrogen and oxygen atoms in total. The van der Waals surface area contributed by atoms with Gasteiger partial charge in [-0.3, -0.25) is 9.59 Å². The van der Waals surface area contributed by atoms with Gasteiger partial charge in [-0.1, -0.05) is 56.3 Å². The zero-order valence-electron chi connectivity index (χ0n) is 17.7. The Labute approximate surface area is 177 Å². The topological polar surface area (TPSA) is 40.6 Å². The Balaban J connectivity index is 1.85. The normalized spacial score (nSPS) is 22.6. The van der Waals surface area contributed by atoms with Crippen LogP contribution >= 0.6 is 11.8 Å². The first-order valence-corrected chi connectivity index (χ1v) is 11.0. The molecule has 2 amide bonds. The molecule has 1 fully saturated rings. The van der Waals surface area contributed by atoms with Gasteiger partial charge < -0.3 is 9.80 Å². The molecule has 0 bridgehead atoms. The number of hydrogen-bond donors (Lipinski definition) is 0. The van der Waals surface area contributed by atoms with Crippen LogP contribution in [-0.4, -0.2) is 28.0 Å². The fourth-order valence-electron chi connectivity index (χ4n) is 4.40. The molecule has 0 N–H and O–H groups in total. The van der Waals surface area contributed by atoms with Crippen LogP contribution in [0.2, 0.25) is 0 Å². The minimum atomic E-state index is -0.982. The number of carbonyl (C=O) groups excluding carboxylic acids is 2. The van der Waals surface area contributed by atoms with Crippen molar-refractivity contribution in [2.75, 3.05) is 11.4 Å². The van der Waals surface area contributed by atoms with Crippen LogP contribution in [0.4, 0.5) is 5.69 Å². The predicted molar refractivity (Wildman–Crippen MR) is 119 cm³/mol. The molecule has 1 spiro atoms. The number of hydrogen-bond acceptors (Lipinski definition) is 3. The molecule has 2 aliphatic rings. The van der Waals surface area contributed by atoms with E-state index in [1.165, 1.54) is 0 Å². The molecule has 1 saturated heterocycles. The number of benzene rings is 2. The smallest absolute Gasteiger partial charge is 0.268 e. The SMILES string of the molecule is Cc1ccccc1CN1C(=O)C2(SC(C)(C)CN2C(=O)C(C)C)c2ccccc21. The fourth-order valence-corrected chi connectivity index (χ4v) is 6.14. The van der Waals surface area contributed by atoms with Crippen LogP contribution in [0.1, 0.15) is 44.4 Å². The van der Waals surface area contributed by atoms with Crippen LogP contribution in [0.5, 0.6) is 0 Å². The molecular weight excluding hydrogens is 380 g/mol. The monoisotopic (exact) mass is 408 g/mol.